The van der Waals surface area contributed by atoms with Crippen molar-refractivity contribution in [1.82, 2.24) is 4.90 Å². The predicted octanol–water partition coefficient (Wildman–Crippen LogP) is 0.615. The molecule has 0 aromatic carbocycles. The third-order valence-electron chi connectivity index (χ3n) is 2.52. The van der Waals surface area contributed by atoms with E-state index in [9.17, 15) is 9.59 Å². The van der Waals surface area contributed by atoms with Crippen molar-refractivity contribution >= 4 is 11.8 Å². The van der Waals surface area contributed by atoms with Crippen molar-refractivity contribution in [3.63, 3.8) is 0 Å². The number of rotatable bonds is 2. The Kier molecular flexibility index (Phi) is 2.45. The second kappa shape index (κ2) is 3.76. The average Bonchev–Trinajstić information content (AvgIpc) is 2.88. The number of carbonyl (C=O) groups is 2. The normalized spacial score (nSPS) is 15.6. The van der Waals surface area contributed by atoms with Crippen molar-refractivity contribution in [2.75, 3.05) is 13.1 Å². The number of furan rings is 1. The lowest BCUT2D eigenvalue weighted by Crippen LogP contribution is -2.29. The molecule has 0 saturated carbocycles. The molecule has 1 aromatic heterocycles. The Morgan fingerprint density at radius 3 is 2.60 bits per heavy atom. The van der Waals surface area contributed by atoms with Gasteiger partial charge in [0.2, 0.25) is 5.76 Å². The van der Waals surface area contributed by atoms with Crippen LogP contribution in [-0.4, -0.2) is 29.8 Å². The van der Waals surface area contributed by atoms with Gasteiger partial charge in [-0.3, -0.25) is 9.59 Å². The lowest BCUT2D eigenvalue weighted by Gasteiger charge is -2.13. The molecule has 2 amide bonds. The Morgan fingerprint density at radius 1 is 1.33 bits per heavy atom. The van der Waals surface area contributed by atoms with Crippen molar-refractivity contribution in [2.24, 2.45) is 5.73 Å². The molecule has 1 fully saturated rings. The average molecular weight is 208 g/mol. The van der Waals surface area contributed by atoms with Gasteiger partial charge in [-0.15, -0.1) is 0 Å². The van der Waals surface area contributed by atoms with Gasteiger partial charge in [0.1, 0.15) is 0 Å². The van der Waals surface area contributed by atoms with Gasteiger partial charge in [0.05, 0.1) is 11.8 Å². The van der Waals surface area contributed by atoms with Gasteiger partial charge >= 0.3 is 0 Å². The quantitative estimate of drug-likeness (QED) is 0.773. The summed E-state index contributed by atoms with van der Waals surface area (Å²) in [5.41, 5.74) is 5.28. The SMILES string of the molecule is NC(=O)c1ccoc1C(=O)N1CCCC1. The number of amides is 2. The first-order valence-corrected chi connectivity index (χ1v) is 4.86. The number of carbonyl (C=O) groups excluding carboxylic acids is 2. The van der Waals surface area contributed by atoms with Gasteiger partial charge in [0.25, 0.3) is 11.8 Å². The van der Waals surface area contributed by atoms with Gasteiger partial charge in [0.15, 0.2) is 0 Å². The third kappa shape index (κ3) is 1.72. The molecular weight excluding hydrogens is 196 g/mol. The number of hydrogen-bond donors (Lipinski definition) is 1. The van der Waals surface area contributed by atoms with Crippen molar-refractivity contribution in [3.8, 4) is 0 Å². The van der Waals surface area contributed by atoms with Crippen LogP contribution >= 0.6 is 0 Å². The summed E-state index contributed by atoms with van der Waals surface area (Å²) >= 11 is 0. The van der Waals surface area contributed by atoms with Gasteiger partial charge in [-0.25, -0.2) is 0 Å². The van der Waals surface area contributed by atoms with Gasteiger partial charge in [-0.2, -0.15) is 0 Å². The lowest BCUT2D eigenvalue weighted by molar-refractivity contribution is 0.0754. The monoisotopic (exact) mass is 208 g/mol. The standard InChI is InChI=1S/C10H12N2O3/c11-9(13)7-3-6-15-8(7)10(14)12-4-1-2-5-12/h3,6H,1-2,4-5H2,(H2,11,13). The van der Waals surface area contributed by atoms with E-state index in [1.165, 1.54) is 12.3 Å². The maximum Gasteiger partial charge on any atom is 0.290 e. The second-order valence-corrected chi connectivity index (χ2v) is 3.53. The van der Waals surface area contributed by atoms with E-state index in [4.69, 9.17) is 10.2 Å². The maximum atomic E-state index is 11.9. The van der Waals surface area contributed by atoms with Crippen LogP contribution in [0.2, 0.25) is 0 Å². The van der Waals surface area contributed by atoms with Gasteiger partial charge in [-0.1, -0.05) is 0 Å². The summed E-state index contributed by atoms with van der Waals surface area (Å²) in [6.07, 6.45) is 3.31. The fourth-order valence-corrected chi connectivity index (χ4v) is 1.73. The van der Waals surface area contributed by atoms with E-state index in [0.717, 1.165) is 25.9 Å². The molecule has 0 bridgehead atoms. The zero-order chi connectivity index (χ0) is 10.8. The molecule has 15 heavy (non-hydrogen) atoms. The Morgan fingerprint density at radius 2 is 2.00 bits per heavy atom. The van der Waals surface area contributed by atoms with Gasteiger partial charge in [0, 0.05) is 13.1 Å². The van der Waals surface area contributed by atoms with Gasteiger partial charge in [-0.05, 0) is 18.9 Å². The van der Waals surface area contributed by atoms with Crippen LogP contribution in [0.1, 0.15) is 33.8 Å². The Bertz CT molecular complexity index is 391. The first-order valence-electron chi connectivity index (χ1n) is 4.86. The van der Waals surface area contributed by atoms with E-state index in [1.54, 1.807) is 4.90 Å². The van der Waals surface area contributed by atoms with Crippen LogP contribution in [0.4, 0.5) is 0 Å². The number of primary amides is 1. The molecule has 1 aromatic rings. The summed E-state index contributed by atoms with van der Waals surface area (Å²) in [4.78, 5) is 24.5. The van der Waals surface area contributed by atoms with Crippen LogP contribution in [0, 0.1) is 0 Å². The zero-order valence-electron chi connectivity index (χ0n) is 8.23. The molecule has 1 aliphatic heterocycles. The van der Waals surface area contributed by atoms with E-state index < -0.39 is 5.91 Å². The summed E-state index contributed by atoms with van der Waals surface area (Å²) in [6.45, 7) is 1.44. The summed E-state index contributed by atoms with van der Waals surface area (Å²) in [7, 11) is 0. The highest BCUT2D eigenvalue weighted by atomic mass is 16.3. The smallest absolute Gasteiger partial charge is 0.290 e. The van der Waals surface area contributed by atoms with Gasteiger partial charge < -0.3 is 15.1 Å². The Hall–Kier alpha value is -1.78. The molecule has 0 atom stereocenters. The minimum atomic E-state index is -0.633. The lowest BCUT2D eigenvalue weighted by atomic mass is 10.2. The third-order valence-corrected chi connectivity index (χ3v) is 2.52. The second-order valence-electron chi connectivity index (χ2n) is 3.53. The summed E-state index contributed by atoms with van der Waals surface area (Å²) in [5.74, 6) is -0.818. The molecule has 0 unspecified atom stereocenters. The first kappa shape index (κ1) is 9.76. The number of likely N-dealkylation sites (tertiary alicyclic amines) is 1. The molecule has 2 rings (SSSR count). The van der Waals surface area contributed by atoms with Crippen LogP contribution in [0.3, 0.4) is 0 Å². The highest BCUT2D eigenvalue weighted by molar-refractivity contribution is 6.04. The predicted molar refractivity (Wildman–Crippen MR) is 52.4 cm³/mol. The van der Waals surface area contributed by atoms with Crippen LogP contribution in [0.5, 0.6) is 0 Å². The highest BCUT2D eigenvalue weighted by Crippen LogP contribution is 2.16. The topological polar surface area (TPSA) is 76.5 Å². The molecule has 2 heterocycles. The molecule has 80 valence electrons. The molecular formula is C10H12N2O3. The van der Waals surface area contributed by atoms with E-state index >= 15 is 0 Å². The Balaban J connectivity index is 2.24. The summed E-state index contributed by atoms with van der Waals surface area (Å²) in [5, 5.41) is 0. The van der Waals surface area contributed by atoms with Crippen LogP contribution in [0.15, 0.2) is 16.7 Å². The zero-order valence-corrected chi connectivity index (χ0v) is 8.23. The van der Waals surface area contributed by atoms with E-state index in [2.05, 4.69) is 0 Å². The van der Waals surface area contributed by atoms with Crippen molar-refractivity contribution in [1.29, 1.82) is 0 Å². The van der Waals surface area contributed by atoms with Crippen molar-refractivity contribution in [3.05, 3.63) is 23.7 Å². The number of nitrogens with two attached hydrogens (primary N) is 1. The number of nitrogens with zero attached hydrogens (tertiary/aromatic N) is 1. The molecule has 0 aliphatic carbocycles. The van der Waals surface area contributed by atoms with E-state index in [0.29, 0.717) is 0 Å². The molecule has 5 nitrogen and oxygen atoms in total. The summed E-state index contributed by atoms with van der Waals surface area (Å²) < 4.78 is 5.01. The first-order chi connectivity index (χ1) is 7.20. The summed E-state index contributed by atoms with van der Waals surface area (Å²) in [6, 6.07) is 1.42. The van der Waals surface area contributed by atoms with Crippen molar-refractivity contribution in [2.45, 2.75) is 12.8 Å². The van der Waals surface area contributed by atoms with Crippen LogP contribution in [-0.2, 0) is 0 Å². The highest BCUT2D eigenvalue weighted by Gasteiger charge is 2.26. The molecule has 0 spiro atoms. The van der Waals surface area contributed by atoms with Crippen LogP contribution < -0.4 is 5.73 Å². The largest absolute Gasteiger partial charge is 0.458 e. The number of hydrogen-bond acceptors (Lipinski definition) is 3. The fraction of sp³-hybridized carbons (Fsp3) is 0.400. The molecule has 2 N–H and O–H groups in total. The molecule has 5 heteroatoms. The van der Waals surface area contributed by atoms with Crippen molar-refractivity contribution < 1.29 is 14.0 Å². The molecule has 1 saturated heterocycles. The minimum absolute atomic E-state index is 0.0596. The fourth-order valence-electron chi connectivity index (χ4n) is 1.73. The molecule has 1 aliphatic rings. The van der Waals surface area contributed by atoms with Crippen LogP contribution in [0.25, 0.3) is 0 Å². The maximum absolute atomic E-state index is 11.9. The molecule has 0 radical (unpaired) electrons. The Labute approximate surface area is 86.8 Å². The van der Waals surface area contributed by atoms with E-state index in [1.807, 2.05) is 0 Å². The minimum Gasteiger partial charge on any atom is -0.458 e. The van der Waals surface area contributed by atoms with E-state index in [-0.39, 0.29) is 17.2 Å².